The van der Waals surface area contributed by atoms with E-state index in [0.717, 1.165) is 25.0 Å². The zero-order valence-electron chi connectivity index (χ0n) is 11.7. The van der Waals surface area contributed by atoms with Crippen LogP contribution in [0.1, 0.15) is 44.8 Å². The third-order valence-electron chi connectivity index (χ3n) is 4.48. The number of aromatic nitrogens is 1. The Morgan fingerprint density at radius 2 is 2.00 bits per heavy atom. The molecule has 2 heterocycles. The number of carbonyl (C=O) groups is 2. The summed E-state index contributed by atoms with van der Waals surface area (Å²) < 4.78 is 0. The molecule has 3 rings (SSSR count). The van der Waals surface area contributed by atoms with Crippen LogP contribution in [0.5, 0.6) is 0 Å². The lowest BCUT2D eigenvalue weighted by atomic mass is 10.00. The van der Waals surface area contributed by atoms with Gasteiger partial charge in [0, 0.05) is 11.4 Å². The molecule has 1 aliphatic carbocycles. The zero-order valence-corrected chi connectivity index (χ0v) is 12.5. The maximum atomic E-state index is 12.5. The van der Waals surface area contributed by atoms with E-state index in [-0.39, 0.29) is 29.7 Å². The molecule has 3 atom stereocenters. The first-order valence-electron chi connectivity index (χ1n) is 7.11. The van der Waals surface area contributed by atoms with Gasteiger partial charge >= 0.3 is 0 Å². The Hall–Kier alpha value is -1.27. The molecular formula is C14H19N3O2S. The summed E-state index contributed by atoms with van der Waals surface area (Å²) in [4.78, 5) is 30.6. The second-order valence-electron chi connectivity index (χ2n) is 5.81. The first kappa shape index (κ1) is 13.7. The highest BCUT2D eigenvalue weighted by Gasteiger charge is 2.53. The van der Waals surface area contributed by atoms with Crippen LogP contribution in [0.3, 0.4) is 0 Å². The monoisotopic (exact) mass is 293 g/mol. The molecule has 2 fully saturated rings. The predicted octanol–water partition coefficient (Wildman–Crippen LogP) is 2.09. The van der Waals surface area contributed by atoms with Crippen molar-refractivity contribution in [1.82, 2.24) is 4.98 Å². The third kappa shape index (κ3) is 1.98. The van der Waals surface area contributed by atoms with E-state index in [0.29, 0.717) is 11.0 Å². The van der Waals surface area contributed by atoms with Gasteiger partial charge in [0.05, 0.1) is 17.5 Å². The van der Waals surface area contributed by atoms with E-state index in [1.165, 1.54) is 16.2 Å². The van der Waals surface area contributed by atoms with Crippen molar-refractivity contribution in [2.24, 2.45) is 23.5 Å². The number of anilines is 1. The Morgan fingerprint density at radius 3 is 2.45 bits per heavy atom. The van der Waals surface area contributed by atoms with Crippen LogP contribution in [0.15, 0.2) is 5.38 Å². The summed E-state index contributed by atoms with van der Waals surface area (Å²) in [7, 11) is 0. The van der Waals surface area contributed by atoms with Crippen LogP contribution in [0.25, 0.3) is 0 Å². The normalized spacial score (nSPS) is 30.9. The van der Waals surface area contributed by atoms with E-state index in [2.05, 4.69) is 11.9 Å². The summed E-state index contributed by atoms with van der Waals surface area (Å²) >= 11 is 1.32. The summed E-state index contributed by atoms with van der Waals surface area (Å²) in [5.41, 5.74) is 6.51. The van der Waals surface area contributed by atoms with E-state index in [1.807, 2.05) is 12.3 Å². The number of carbonyl (C=O) groups excluding carboxylic acids is 2. The van der Waals surface area contributed by atoms with Gasteiger partial charge in [-0.15, -0.1) is 11.3 Å². The number of thiazole rings is 1. The molecule has 1 aliphatic heterocycles. The molecule has 5 nitrogen and oxygen atoms in total. The molecule has 20 heavy (non-hydrogen) atoms. The van der Waals surface area contributed by atoms with Crippen LogP contribution in [-0.4, -0.2) is 16.8 Å². The first-order chi connectivity index (χ1) is 9.52. The maximum Gasteiger partial charge on any atom is 0.239 e. The van der Waals surface area contributed by atoms with Crippen LogP contribution in [0.2, 0.25) is 0 Å². The first-order valence-corrected chi connectivity index (χ1v) is 7.99. The van der Waals surface area contributed by atoms with Gasteiger partial charge in [-0.1, -0.05) is 13.3 Å². The molecule has 3 unspecified atom stereocenters. The highest BCUT2D eigenvalue weighted by atomic mass is 32.1. The van der Waals surface area contributed by atoms with Gasteiger partial charge in [-0.25, -0.2) is 9.88 Å². The molecule has 1 saturated carbocycles. The van der Waals surface area contributed by atoms with Crippen molar-refractivity contribution in [3.63, 3.8) is 0 Å². The summed E-state index contributed by atoms with van der Waals surface area (Å²) in [6, 6.07) is -0.184. The van der Waals surface area contributed by atoms with Crippen molar-refractivity contribution < 1.29 is 9.59 Å². The number of imide groups is 1. The lowest BCUT2D eigenvalue weighted by molar-refractivity contribution is -0.123. The second kappa shape index (κ2) is 4.93. The number of nitrogens with two attached hydrogens (primary N) is 1. The number of fused-ring (bicyclic) bond motifs is 1. The average molecular weight is 293 g/mol. The van der Waals surface area contributed by atoms with Crippen molar-refractivity contribution >= 4 is 28.3 Å². The molecule has 0 aromatic carbocycles. The van der Waals surface area contributed by atoms with Crippen molar-refractivity contribution in [2.75, 3.05) is 4.90 Å². The minimum atomic E-state index is -0.184. The molecule has 0 bridgehead atoms. The number of amides is 2. The zero-order chi connectivity index (χ0) is 14.4. The smallest absolute Gasteiger partial charge is 0.239 e. The predicted molar refractivity (Wildman–Crippen MR) is 77.2 cm³/mol. The van der Waals surface area contributed by atoms with Crippen LogP contribution < -0.4 is 10.6 Å². The van der Waals surface area contributed by atoms with Crippen molar-refractivity contribution in [2.45, 2.75) is 39.2 Å². The van der Waals surface area contributed by atoms with E-state index in [9.17, 15) is 9.59 Å². The van der Waals surface area contributed by atoms with Crippen molar-refractivity contribution in [3.05, 3.63) is 11.1 Å². The number of rotatable bonds is 3. The van der Waals surface area contributed by atoms with E-state index >= 15 is 0 Å². The fourth-order valence-corrected chi connectivity index (χ4v) is 4.18. The lowest BCUT2D eigenvalue weighted by Gasteiger charge is -2.14. The third-order valence-corrected chi connectivity index (χ3v) is 5.32. The van der Waals surface area contributed by atoms with Gasteiger partial charge < -0.3 is 5.73 Å². The Balaban J connectivity index is 1.86. The lowest BCUT2D eigenvalue weighted by Crippen LogP contribution is -2.32. The molecule has 6 heteroatoms. The molecule has 2 aliphatic rings. The minimum Gasteiger partial charge on any atom is -0.323 e. The van der Waals surface area contributed by atoms with Gasteiger partial charge in [0.15, 0.2) is 5.13 Å². The molecule has 108 valence electrons. The molecule has 2 amide bonds. The fourth-order valence-electron chi connectivity index (χ4n) is 3.24. The van der Waals surface area contributed by atoms with Gasteiger partial charge in [-0.3, -0.25) is 9.59 Å². The summed E-state index contributed by atoms with van der Waals surface area (Å²) in [5.74, 6) is 0.115. The van der Waals surface area contributed by atoms with Crippen molar-refractivity contribution in [3.8, 4) is 0 Å². The standard InChI is InChI=1S/C14H19N3O2S/c1-3-8-4-9-10(5-8)13(19)17(12(9)18)14-16-11(6-20-14)7(2)15/h6-10H,3-5,15H2,1-2H3. The molecule has 2 N–H and O–H groups in total. The van der Waals surface area contributed by atoms with Crippen molar-refractivity contribution in [1.29, 1.82) is 0 Å². The Labute approximate surface area is 122 Å². The highest BCUT2D eigenvalue weighted by Crippen LogP contribution is 2.46. The van der Waals surface area contributed by atoms with Gasteiger partial charge in [-0.2, -0.15) is 0 Å². The number of hydrogen-bond donors (Lipinski definition) is 1. The quantitative estimate of drug-likeness (QED) is 0.866. The summed E-state index contributed by atoms with van der Waals surface area (Å²) in [6.07, 6.45) is 2.72. The van der Waals surface area contributed by atoms with Crippen LogP contribution in [0, 0.1) is 17.8 Å². The van der Waals surface area contributed by atoms with Crippen LogP contribution in [0.4, 0.5) is 5.13 Å². The van der Waals surface area contributed by atoms with Crippen LogP contribution in [-0.2, 0) is 9.59 Å². The fraction of sp³-hybridized carbons (Fsp3) is 0.643. The number of nitrogens with zero attached hydrogens (tertiary/aromatic N) is 2. The minimum absolute atomic E-state index is 0.0680. The SMILES string of the molecule is CCC1CC2C(=O)N(c3nc(C(C)N)cs3)C(=O)C2C1. The largest absolute Gasteiger partial charge is 0.323 e. The molecule has 1 aromatic heterocycles. The van der Waals surface area contributed by atoms with E-state index in [1.54, 1.807) is 0 Å². The molecular weight excluding hydrogens is 274 g/mol. The van der Waals surface area contributed by atoms with E-state index in [4.69, 9.17) is 5.73 Å². The summed E-state index contributed by atoms with van der Waals surface area (Å²) in [5, 5.41) is 2.30. The second-order valence-corrected chi connectivity index (χ2v) is 6.65. The molecule has 0 radical (unpaired) electrons. The average Bonchev–Trinajstić information content (AvgIpc) is 3.08. The van der Waals surface area contributed by atoms with Gasteiger partial charge in [-0.05, 0) is 25.7 Å². The van der Waals surface area contributed by atoms with Crippen LogP contribution >= 0.6 is 11.3 Å². The highest BCUT2D eigenvalue weighted by molar-refractivity contribution is 7.14. The molecule has 1 aromatic rings. The topological polar surface area (TPSA) is 76.3 Å². The van der Waals surface area contributed by atoms with Gasteiger partial charge in [0.1, 0.15) is 0 Å². The Morgan fingerprint density at radius 1 is 1.40 bits per heavy atom. The molecule has 1 saturated heterocycles. The Bertz CT molecular complexity index is 530. The summed E-state index contributed by atoms with van der Waals surface area (Å²) in [6.45, 7) is 3.96. The Kier molecular flexibility index (Phi) is 3.38. The van der Waals surface area contributed by atoms with E-state index < -0.39 is 0 Å². The van der Waals surface area contributed by atoms with Gasteiger partial charge in [0.2, 0.25) is 11.8 Å². The maximum absolute atomic E-state index is 12.5. The molecule has 0 spiro atoms. The number of hydrogen-bond acceptors (Lipinski definition) is 5. The van der Waals surface area contributed by atoms with Gasteiger partial charge in [0.25, 0.3) is 0 Å².